The van der Waals surface area contributed by atoms with Gasteiger partial charge in [0.05, 0.1) is 24.3 Å². The first-order valence-corrected chi connectivity index (χ1v) is 5.90. The molecule has 20 heavy (non-hydrogen) atoms. The maximum atomic E-state index is 13.4. The first-order valence-electron chi connectivity index (χ1n) is 5.90. The van der Waals surface area contributed by atoms with Gasteiger partial charge in [-0.05, 0) is 6.92 Å². The number of primary amides is 1. The predicted molar refractivity (Wildman–Crippen MR) is 65.8 cm³/mol. The number of amides is 1. The molecule has 2 rings (SSSR count). The summed E-state index contributed by atoms with van der Waals surface area (Å²) in [5.74, 6) is -2.06. The number of nitrogens with zero attached hydrogens (tertiary/aromatic N) is 2. The summed E-state index contributed by atoms with van der Waals surface area (Å²) in [6.07, 6.45) is -0.938. The van der Waals surface area contributed by atoms with E-state index in [1.807, 2.05) is 0 Å². The van der Waals surface area contributed by atoms with Gasteiger partial charge in [-0.25, -0.2) is 9.18 Å². The molecule has 3 atom stereocenters. The van der Waals surface area contributed by atoms with Crippen LogP contribution < -0.4 is 17.2 Å². The molecule has 9 heteroatoms. The van der Waals surface area contributed by atoms with Crippen LogP contribution in [0.2, 0.25) is 0 Å². The van der Waals surface area contributed by atoms with Crippen molar-refractivity contribution in [2.75, 3.05) is 12.3 Å². The fraction of sp³-hybridized carbons (Fsp3) is 0.545. The molecule has 0 aliphatic carbocycles. The van der Waals surface area contributed by atoms with Crippen LogP contribution in [0.25, 0.3) is 0 Å². The summed E-state index contributed by atoms with van der Waals surface area (Å²) in [5, 5.41) is 9.25. The second-order valence-electron chi connectivity index (χ2n) is 4.91. The number of carbonyl (C=O) groups excluding carboxylic acids is 1. The van der Waals surface area contributed by atoms with Gasteiger partial charge in [-0.15, -0.1) is 0 Å². The van der Waals surface area contributed by atoms with E-state index in [9.17, 15) is 19.1 Å². The highest BCUT2D eigenvalue weighted by molar-refractivity contribution is 5.81. The SMILES string of the molecule is C[C@]1(C(N)=O)CC(n2cc(F)c(N)nc2=O)O[C@@H]1CO. The topological polar surface area (TPSA) is 133 Å². The molecule has 110 valence electrons. The monoisotopic (exact) mass is 286 g/mol. The summed E-state index contributed by atoms with van der Waals surface area (Å²) >= 11 is 0. The van der Waals surface area contributed by atoms with Crippen molar-refractivity contribution in [2.45, 2.75) is 25.7 Å². The molecule has 0 radical (unpaired) electrons. The molecule has 1 aliphatic heterocycles. The Labute approximate surface area is 113 Å². The highest BCUT2D eigenvalue weighted by Gasteiger charge is 2.50. The van der Waals surface area contributed by atoms with Gasteiger partial charge in [-0.3, -0.25) is 9.36 Å². The van der Waals surface area contributed by atoms with Crippen molar-refractivity contribution in [3.05, 3.63) is 22.5 Å². The van der Waals surface area contributed by atoms with E-state index in [1.54, 1.807) is 0 Å². The van der Waals surface area contributed by atoms with E-state index >= 15 is 0 Å². The number of aliphatic hydroxyl groups excluding tert-OH is 1. The summed E-state index contributed by atoms with van der Waals surface area (Å²) < 4.78 is 19.7. The molecule has 0 bridgehead atoms. The van der Waals surface area contributed by atoms with Gasteiger partial charge >= 0.3 is 5.69 Å². The number of anilines is 1. The van der Waals surface area contributed by atoms with Crippen LogP contribution in [0, 0.1) is 11.2 Å². The van der Waals surface area contributed by atoms with Gasteiger partial charge in [0.1, 0.15) is 6.23 Å². The minimum atomic E-state index is -1.16. The van der Waals surface area contributed by atoms with Crippen LogP contribution in [-0.4, -0.2) is 33.3 Å². The smallest absolute Gasteiger partial charge is 0.351 e. The highest BCUT2D eigenvalue weighted by atomic mass is 19.1. The maximum Gasteiger partial charge on any atom is 0.351 e. The summed E-state index contributed by atoms with van der Waals surface area (Å²) in [4.78, 5) is 26.5. The van der Waals surface area contributed by atoms with Crippen molar-refractivity contribution < 1.29 is 19.0 Å². The summed E-state index contributed by atoms with van der Waals surface area (Å²) in [5.41, 5.74) is 8.53. The van der Waals surface area contributed by atoms with E-state index in [4.69, 9.17) is 16.2 Å². The number of nitrogens with two attached hydrogens (primary N) is 2. The van der Waals surface area contributed by atoms with Crippen LogP contribution >= 0.6 is 0 Å². The van der Waals surface area contributed by atoms with E-state index in [2.05, 4.69) is 4.98 Å². The first kappa shape index (κ1) is 14.4. The van der Waals surface area contributed by atoms with Gasteiger partial charge in [0.25, 0.3) is 0 Å². The number of halogens is 1. The molecule has 8 nitrogen and oxygen atoms in total. The molecular weight excluding hydrogens is 271 g/mol. The van der Waals surface area contributed by atoms with E-state index in [-0.39, 0.29) is 6.42 Å². The largest absolute Gasteiger partial charge is 0.394 e. The average molecular weight is 286 g/mol. The van der Waals surface area contributed by atoms with E-state index in [0.717, 1.165) is 10.8 Å². The number of hydrogen-bond donors (Lipinski definition) is 3. The number of carbonyl (C=O) groups is 1. The summed E-state index contributed by atoms with van der Waals surface area (Å²) in [6, 6.07) is 0. The molecule has 1 aromatic rings. The Balaban J connectivity index is 2.40. The second kappa shape index (κ2) is 4.84. The molecular formula is C11H15FN4O4. The van der Waals surface area contributed by atoms with Crippen LogP contribution in [-0.2, 0) is 9.53 Å². The number of aliphatic hydroxyl groups is 1. The van der Waals surface area contributed by atoms with Crippen molar-refractivity contribution >= 4 is 11.7 Å². The fourth-order valence-corrected chi connectivity index (χ4v) is 2.21. The van der Waals surface area contributed by atoms with Crippen molar-refractivity contribution in [3.63, 3.8) is 0 Å². The van der Waals surface area contributed by atoms with Crippen molar-refractivity contribution in [1.29, 1.82) is 0 Å². The molecule has 1 saturated heterocycles. The minimum absolute atomic E-state index is 0.0263. The lowest BCUT2D eigenvalue weighted by atomic mass is 9.82. The predicted octanol–water partition coefficient (Wildman–Crippen LogP) is -1.26. The van der Waals surface area contributed by atoms with Crippen molar-refractivity contribution in [3.8, 4) is 0 Å². The second-order valence-corrected chi connectivity index (χ2v) is 4.91. The van der Waals surface area contributed by atoms with Gasteiger partial charge in [-0.2, -0.15) is 4.98 Å². The molecule has 1 aromatic heterocycles. The Morgan fingerprint density at radius 2 is 2.40 bits per heavy atom. The molecule has 1 fully saturated rings. The van der Waals surface area contributed by atoms with Gasteiger partial charge in [0, 0.05) is 6.42 Å². The molecule has 1 unspecified atom stereocenters. The Bertz CT molecular complexity index is 605. The van der Waals surface area contributed by atoms with Crippen molar-refractivity contribution in [2.24, 2.45) is 11.1 Å². The van der Waals surface area contributed by atoms with Gasteiger partial charge in [0.2, 0.25) is 5.91 Å². The molecule has 5 N–H and O–H groups in total. The zero-order chi connectivity index (χ0) is 15.1. The molecule has 0 spiro atoms. The highest BCUT2D eigenvalue weighted by Crippen LogP contribution is 2.42. The number of ether oxygens (including phenoxy) is 1. The molecule has 0 saturated carbocycles. The number of nitrogen functional groups attached to an aromatic ring is 1. The first-order chi connectivity index (χ1) is 9.29. The quantitative estimate of drug-likeness (QED) is 0.634. The van der Waals surface area contributed by atoms with Crippen molar-refractivity contribution in [1.82, 2.24) is 9.55 Å². The van der Waals surface area contributed by atoms with Crippen LogP contribution in [0.4, 0.5) is 10.2 Å². The normalized spacial score (nSPS) is 29.6. The number of aromatic nitrogens is 2. The Kier molecular flexibility index (Phi) is 3.48. The van der Waals surface area contributed by atoms with E-state index in [0.29, 0.717) is 0 Å². The van der Waals surface area contributed by atoms with Gasteiger partial charge in [0.15, 0.2) is 11.6 Å². The number of hydrogen-bond acceptors (Lipinski definition) is 6. The lowest BCUT2D eigenvalue weighted by molar-refractivity contribution is -0.131. The van der Waals surface area contributed by atoms with Crippen LogP contribution in [0.15, 0.2) is 11.0 Å². The third-order valence-electron chi connectivity index (χ3n) is 3.60. The molecule has 1 amide bonds. The zero-order valence-corrected chi connectivity index (χ0v) is 10.7. The lowest BCUT2D eigenvalue weighted by Gasteiger charge is -2.23. The fourth-order valence-electron chi connectivity index (χ4n) is 2.21. The third-order valence-corrected chi connectivity index (χ3v) is 3.60. The zero-order valence-electron chi connectivity index (χ0n) is 10.7. The van der Waals surface area contributed by atoms with Crippen LogP contribution in [0.5, 0.6) is 0 Å². The van der Waals surface area contributed by atoms with Crippen LogP contribution in [0.3, 0.4) is 0 Å². The molecule has 2 heterocycles. The number of rotatable bonds is 3. The standard InChI is InChI=1S/C11H15FN4O4/c1-11(9(14)18)2-7(20-6(11)4-17)16-3-5(12)8(13)15-10(16)19/h3,6-7,17H,2,4H2,1H3,(H2,14,18)(H2,13,15,19)/t6-,7?,11+/m1/s1. The Morgan fingerprint density at radius 3 is 2.90 bits per heavy atom. The Hall–Kier alpha value is -2.00. The summed E-state index contributed by atoms with van der Waals surface area (Å²) in [7, 11) is 0. The van der Waals surface area contributed by atoms with E-state index in [1.165, 1.54) is 6.92 Å². The minimum Gasteiger partial charge on any atom is -0.394 e. The molecule has 0 aromatic carbocycles. The maximum absolute atomic E-state index is 13.4. The molecule has 1 aliphatic rings. The van der Waals surface area contributed by atoms with Crippen LogP contribution in [0.1, 0.15) is 19.6 Å². The third kappa shape index (κ3) is 2.14. The van der Waals surface area contributed by atoms with Gasteiger partial charge in [-0.1, -0.05) is 0 Å². The van der Waals surface area contributed by atoms with E-state index < -0.39 is 47.6 Å². The summed E-state index contributed by atoms with van der Waals surface area (Å²) in [6.45, 7) is 1.07. The average Bonchev–Trinajstić information content (AvgIpc) is 2.72. The Morgan fingerprint density at radius 1 is 1.75 bits per heavy atom. The lowest BCUT2D eigenvalue weighted by Crippen LogP contribution is -2.42. The van der Waals surface area contributed by atoms with Gasteiger partial charge < -0.3 is 21.3 Å².